The second-order valence-electron chi connectivity index (χ2n) is 4.92. The number of nitrogens with one attached hydrogen (secondary N) is 2. The summed E-state index contributed by atoms with van der Waals surface area (Å²) in [6, 6.07) is 8.92. The van der Waals surface area contributed by atoms with Gasteiger partial charge in [0.15, 0.2) is 0 Å². The van der Waals surface area contributed by atoms with Crippen LogP contribution in [0.4, 0.5) is 5.69 Å². The molecule has 2 aliphatic rings. The second-order valence-corrected chi connectivity index (χ2v) is 4.92. The molecule has 0 bridgehead atoms. The van der Waals surface area contributed by atoms with Crippen LogP contribution in [0.25, 0.3) is 0 Å². The molecule has 2 N–H and O–H groups in total. The molecule has 16 heavy (non-hydrogen) atoms. The van der Waals surface area contributed by atoms with E-state index in [1.54, 1.807) is 0 Å². The summed E-state index contributed by atoms with van der Waals surface area (Å²) in [5.74, 6) is 0. The highest BCUT2D eigenvalue weighted by atomic mass is 16.5. The lowest BCUT2D eigenvalue weighted by Gasteiger charge is -2.19. The Morgan fingerprint density at radius 3 is 2.75 bits per heavy atom. The first-order chi connectivity index (χ1) is 7.84. The summed E-state index contributed by atoms with van der Waals surface area (Å²) in [5.41, 5.74) is 2.14. The fourth-order valence-corrected chi connectivity index (χ4v) is 2.99. The Hall–Kier alpha value is -0.900. The summed E-state index contributed by atoms with van der Waals surface area (Å²) in [6.07, 6.45) is 5.21. The lowest BCUT2D eigenvalue weighted by molar-refractivity contribution is -0.771. The van der Waals surface area contributed by atoms with Crippen molar-refractivity contribution in [1.29, 1.82) is 0 Å². The molecule has 2 atom stereocenters. The van der Waals surface area contributed by atoms with Gasteiger partial charge in [-0.25, -0.2) is 0 Å². The summed E-state index contributed by atoms with van der Waals surface area (Å²) in [4.78, 5) is 0. The van der Waals surface area contributed by atoms with Crippen LogP contribution in [0.3, 0.4) is 0 Å². The van der Waals surface area contributed by atoms with Crippen LogP contribution in [0.2, 0.25) is 0 Å². The van der Waals surface area contributed by atoms with E-state index in [0.29, 0.717) is 17.6 Å². The van der Waals surface area contributed by atoms with Crippen molar-refractivity contribution in [3.63, 3.8) is 0 Å². The highest BCUT2D eigenvalue weighted by Crippen LogP contribution is 2.27. The number of para-hydroxylation sites is 1. The smallest absolute Gasteiger partial charge is 0.136 e. The fraction of sp³-hybridized carbons (Fsp3) is 0.538. The largest absolute Gasteiger partial charge is 0.629 e. The third-order valence-corrected chi connectivity index (χ3v) is 3.82. The van der Waals surface area contributed by atoms with Crippen molar-refractivity contribution in [2.24, 2.45) is 0 Å². The van der Waals surface area contributed by atoms with Crippen molar-refractivity contribution in [1.82, 2.24) is 5.32 Å². The van der Waals surface area contributed by atoms with E-state index in [-0.39, 0.29) is 6.04 Å². The third kappa shape index (κ3) is 1.75. The van der Waals surface area contributed by atoms with Gasteiger partial charge < -0.3 is 15.6 Å². The van der Waals surface area contributed by atoms with Gasteiger partial charge >= 0.3 is 0 Å². The van der Waals surface area contributed by atoms with E-state index >= 15 is 0 Å². The highest BCUT2D eigenvalue weighted by molar-refractivity contribution is 5.44. The van der Waals surface area contributed by atoms with Gasteiger partial charge in [-0.05, 0) is 18.9 Å². The van der Waals surface area contributed by atoms with Gasteiger partial charge in [0, 0.05) is 11.6 Å². The first-order valence-corrected chi connectivity index (χ1v) is 6.23. The summed E-state index contributed by atoms with van der Waals surface area (Å²) in [7, 11) is 0. The van der Waals surface area contributed by atoms with Crippen LogP contribution < -0.4 is 10.4 Å². The number of hydroxylamine groups is 1. The summed E-state index contributed by atoms with van der Waals surface area (Å²) in [5, 5.41) is 15.8. The molecule has 0 amide bonds. The van der Waals surface area contributed by atoms with Crippen molar-refractivity contribution in [2.75, 3.05) is 6.54 Å². The molecule has 1 aromatic rings. The Morgan fingerprint density at radius 2 is 1.94 bits per heavy atom. The topological polar surface area (TPSA) is 39.5 Å². The van der Waals surface area contributed by atoms with E-state index in [2.05, 4.69) is 11.4 Å². The lowest BCUT2D eigenvalue weighted by atomic mass is 10.1. The molecule has 1 aliphatic heterocycles. The van der Waals surface area contributed by atoms with E-state index in [1.165, 1.54) is 31.2 Å². The lowest BCUT2D eigenvalue weighted by Crippen LogP contribution is -3.01. The Balaban J connectivity index is 1.77. The van der Waals surface area contributed by atoms with E-state index in [0.717, 1.165) is 5.69 Å². The van der Waals surface area contributed by atoms with Gasteiger partial charge in [-0.15, -0.1) is 0 Å². The maximum absolute atomic E-state index is 11.8. The molecular formula is C13H18N2O. The van der Waals surface area contributed by atoms with Gasteiger partial charge in [0.25, 0.3) is 0 Å². The first kappa shape index (κ1) is 10.3. The van der Waals surface area contributed by atoms with Crippen molar-refractivity contribution in [3.8, 4) is 0 Å². The Bertz CT molecular complexity index is 374. The number of rotatable bonds is 2. The van der Waals surface area contributed by atoms with Crippen molar-refractivity contribution < 1.29 is 5.06 Å². The third-order valence-electron chi connectivity index (χ3n) is 3.82. The normalized spacial score (nSPS) is 29.6. The predicted molar refractivity (Wildman–Crippen MR) is 63.4 cm³/mol. The predicted octanol–water partition coefficient (Wildman–Crippen LogP) is 1.29. The molecule has 2 unspecified atom stereocenters. The minimum absolute atomic E-state index is 0.270. The number of fused-ring (bicyclic) bond motifs is 1. The zero-order chi connectivity index (χ0) is 11.0. The van der Waals surface area contributed by atoms with Crippen molar-refractivity contribution in [3.05, 3.63) is 35.0 Å². The molecule has 1 aromatic carbocycles. The van der Waals surface area contributed by atoms with Gasteiger partial charge in [-0.1, -0.05) is 31.0 Å². The van der Waals surface area contributed by atoms with Gasteiger partial charge in [0.2, 0.25) is 0 Å². The van der Waals surface area contributed by atoms with Gasteiger partial charge in [-0.2, -0.15) is 0 Å². The first-order valence-electron chi connectivity index (χ1n) is 6.23. The average Bonchev–Trinajstić information content (AvgIpc) is 2.90. The Labute approximate surface area is 96.0 Å². The van der Waals surface area contributed by atoms with Crippen LogP contribution in [0.5, 0.6) is 0 Å². The molecule has 1 aliphatic carbocycles. The molecule has 3 rings (SSSR count). The molecule has 0 saturated heterocycles. The van der Waals surface area contributed by atoms with Crippen LogP contribution in [0, 0.1) is 5.21 Å². The van der Waals surface area contributed by atoms with Crippen molar-refractivity contribution in [2.45, 2.75) is 37.8 Å². The minimum Gasteiger partial charge on any atom is -0.629 e. The van der Waals surface area contributed by atoms with Gasteiger partial charge in [-0.3, -0.25) is 0 Å². The number of hydrogen-bond donors (Lipinski definition) is 2. The SMILES string of the molecule is [O-][NH+]1CC(NC2CCCC2)c2ccccc21. The van der Waals surface area contributed by atoms with Gasteiger partial charge in [0.05, 0.1) is 6.04 Å². The van der Waals surface area contributed by atoms with Gasteiger partial charge in [0.1, 0.15) is 12.2 Å². The quantitative estimate of drug-likeness (QED) is 0.734. The van der Waals surface area contributed by atoms with Crippen molar-refractivity contribution >= 4 is 5.69 Å². The van der Waals surface area contributed by atoms with E-state index in [1.807, 2.05) is 18.2 Å². The molecule has 86 valence electrons. The molecule has 3 nitrogen and oxygen atoms in total. The molecule has 0 radical (unpaired) electrons. The molecule has 1 heterocycles. The monoisotopic (exact) mass is 218 g/mol. The molecule has 1 saturated carbocycles. The van der Waals surface area contributed by atoms with E-state index in [4.69, 9.17) is 0 Å². The molecule has 3 heteroatoms. The minimum atomic E-state index is 0.270. The molecule has 0 aromatic heterocycles. The molecule has 0 spiro atoms. The highest BCUT2D eigenvalue weighted by Gasteiger charge is 2.31. The zero-order valence-electron chi connectivity index (χ0n) is 9.41. The van der Waals surface area contributed by atoms with Crippen LogP contribution >= 0.6 is 0 Å². The Kier molecular flexibility index (Phi) is 2.67. The zero-order valence-corrected chi connectivity index (χ0v) is 9.41. The summed E-state index contributed by atoms with van der Waals surface area (Å²) < 4.78 is 0. The van der Waals surface area contributed by atoms with Crippen LogP contribution in [-0.2, 0) is 0 Å². The van der Waals surface area contributed by atoms with Crippen LogP contribution in [-0.4, -0.2) is 12.6 Å². The average molecular weight is 218 g/mol. The Morgan fingerprint density at radius 1 is 1.19 bits per heavy atom. The second kappa shape index (κ2) is 4.17. The van der Waals surface area contributed by atoms with Crippen LogP contribution in [0.15, 0.2) is 24.3 Å². The van der Waals surface area contributed by atoms with E-state index < -0.39 is 0 Å². The molecule has 1 fully saturated rings. The summed E-state index contributed by atoms with van der Waals surface area (Å²) in [6.45, 7) is 0.649. The summed E-state index contributed by atoms with van der Waals surface area (Å²) >= 11 is 0. The maximum Gasteiger partial charge on any atom is 0.136 e. The molecular weight excluding hydrogens is 200 g/mol. The maximum atomic E-state index is 11.8. The number of benzene rings is 1. The fourth-order valence-electron chi connectivity index (χ4n) is 2.99. The van der Waals surface area contributed by atoms with E-state index in [9.17, 15) is 5.21 Å². The van der Waals surface area contributed by atoms with Crippen LogP contribution in [0.1, 0.15) is 37.3 Å². The number of hydrogen-bond acceptors (Lipinski definition) is 2. The number of quaternary nitrogens is 1. The standard InChI is InChI=1S/C13H18N2O/c16-15-9-12(14-10-5-1-2-6-10)11-7-3-4-8-13(11)15/h3-4,7-8,10,12,14-15H,1-2,5-6,9H2.